The van der Waals surface area contributed by atoms with Gasteiger partial charge in [0, 0.05) is 6.42 Å². The van der Waals surface area contributed by atoms with Crippen molar-refractivity contribution in [2.75, 3.05) is 6.61 Å². The molecule has 0 amide bonds. The summed E-state index contributed by atoms with van der Waals surface area (Å²) in [5, 5.41) is 16.2. The van der Waals surface area contributed by atoms with Crippen molar-refractivity contribution < 1.29 is 29.3 Å². The number of hydrogen-bond donors (Lipinski definition) is 2. The number of carbonyl (C=O) groups excluding carboxylic acids is 2. The van der Waals surface area contributed by atoms with Crippen LogP contribution in [0.25, 0.3) is 6.08 Å². The summed E-state index contributed by atoms with van der Waals surface area (Å²) >= 11 is 0. The molecule has 0 radical (unpaired) electrons. The van der Waals surface area contributed by atoms with Crippen LogP contribution in [0.15, 0.2) is 49.6 Å². The van der Waals surface area contributed by atoms with Crippen LogP contribution in [0.4, 0.5) is 0 Å². The van der Waals surface area contributed by atoms with Gasteiger partial charge in [0.15, 0.2) is 0 Å². The molecular formula is C27H42O6. The van der Waals surface area contributed by atoms with Gasteiger partial charge in [-0.3, -0.25) is 14.4 Å². The van der Waals surface area contributed by atoms with E-state index >= 15 is 0 Å². The standard InChI is InChI=1S/C16H28O5.C8H8.C3H6O/c1-2-3-4-5-6-7-8-9-10-11-15(19)21-16(20)13-12-14(17)18;1-2-8-6-4-3-5-7-8;1-2-3-4/h2-13H2,1H3,(H,17,18);2-7H,1H2;2,4H,1,3H2. The predicted molar refractivity (Wildman–Crippen MR) is 134 cm³/mol. The maximum absolute atomic E-state index is 11.3. The van der Waals surface area contributed by atoms with Crippen molar-refractivity contribution >= 4 is 24.0 Å². The van der Waals surface area contributed by atoms with Gasteiger partial charge < -0.3 is 14.9 Å². The molecule has 0 aromatic heterocycles. The molecule has 0 fully saturated rings. The van der Waals surface area contributed by atoms with Gasteiger partial charge in [0.1, 0.15) is 0 Å². The number of aliphatic hydroxyl groups is 1. The molecular weight excluding hydrogens is 420 g/mol. The lowest BCUT2D eigenvalue weighted by molar-refractivity contribution is -0.161. The molecule has 0 aliphatic heterocycles. The van der Waals surface area contributed by atoms with Crippen molar-refractivity contribution in [3.8, 4) is 0 Å². The third-order valence-corrected chi connectivity index (χ3v) is 4.42. The zero-order chi connectivity index (χ0) is 25.2. The molecule has 2 N–H and O–H groups in total. The first-order valence-corrected chi connectivity index (χ1v) is 11.8. The molecule has 1 aromatic carbocycles. The number of aliphatic hydroxyl groups excluding tert-OH is 1. The minimum Gasteiger partial charge on any atom is -0.481 e. The average molecular weight is 463 g/mol. The van der Waals surface area contributed by atoms with Crippen LogP contribution >= 0.6 is 0 Å². The summed E-state index contributed by atoms with van der Waals surface area (Å²) in [7, 11) is 0. The minimum atomic E-state index is -1.07. The largest absolute Gasteiger partial charge is 0.481 e. The average Bonchev–Trinajstić information content (AvgIpc) is 2.82. The van der Waals surface area contributed by atoms with Crippen molar-refractivity contribution in [1.29, 1.82) is 0 Å². The number of esters is 2. The molecule has 6 heteroatoms. The van der Waals surface area contributed by atoms with Crippen molar-refractivity contribution in [2.24, 2.45) is 0 Å². The third kappa shape index (κ3) is 27.2. The van der Waals surface area contributed by atoms with E-state index in [-0.39, 0.29) is 25.9 Å². The topological polar surface area (TPSA) is 101 Å². The third-order valence-electron chi connectivity index (χ3n) is 4.42. The molecule has 0 saturated heterocycles. The highest BCUT2D eigenvalue weighted by molar-refractivity contribution is 5.86. The first-order chi connectivity index (χ1) is 15.9. The molecule has 6 nitrogen and oxygen atoms in total. The van der Waals surface area contributed by atoms with E-state index in [4.69, 9.17) is 10.2 Å². The van der Waals surface area contributed by atoms with E-state index in [1.165, 1.54) is 50.2 Å². The van der Waals surface area contributed by atoms with E-state index in [1.807, 2.05) is 36.4 Å². The summed E-state index contributed by atoms with van der Waals surface area (Å²) in [5.41, 5.74) is 1.17. The Labute approximate surface area is 199 Å². The lowest BCUT2D eigenvalue weighted by Crippen LogP contribution is -2.13. The number of rotatable bonds is 15. The molecule has 0 aliphatic carbocycles. The van der Waals surface area contributed by atoms with Crippen LogP contribution in [0.1, 0.15) is 89.5 Å². The SMILES string of the molecule is C=CCO.C=Cc1ccccc1.CCCCCCCCCCCC(=O)OC(=O)CCC(=O)O. The molecule has 1 rings (SSSR count). The molecule has 1 aromatic rings. The van der Waals surface area contributed by atoms with Crippen LogP contribution in [0.2, 0.25) is 0 Å². The maximum atomic E-state index is 11.3. The zero-order valence-corrected chi connectivity index (χ0v) is 20.2. The number of carboxylic acid groups (broad SMARTS) is 1. The van der Waals surface area contributed by atoms with Gasteiger partial charge >= 0.3 is 17.9 Å². The fourth-order valence-corrected chi connectivity index (χ4v) is 2.61. The fraction of sp³-hybridized carbons (Fsp3) is 0.519. The van der Waals surface area contributed by atoms with Gasteiger partial charge in [0.2, 0.25) is 0 Å². The van der Waals surface area contributed by atoms with Gasteiger partial charge in [-0.25, -0.2) is 0 Å². The summed E-state index contributed by atoms with van der Waals surface area (Å²) in [4.78, 5) is 32.7. The molecule has 0 bridgehead atoms. The molecule has 0 unspecified atom stereocenters. The number of ether oxygens (including phenoxy) is 1. The summed E-state index contributed by atoms with van der Waals surface area (Å²) in [6, 6.07) is 10.0. The first kappa shape index (κ1) is 32.4. The number of aliphatic carboxylic acids is 1. The van der Waals surface area contributed by atoms with E-state index in [9.17, 15) is 14.4 Å². The van der Waals surface area contributed by atoms with Crippen molar-refractivity contribution in [2.45, 2.75) is 84.0 Å². The molecule has 0 saturated carbocycles. The van der Waals surface area contributed by atoms with Crippen LogP contribution in [0, 0.1) is 0 Å². The summed E-state index contributed by atoms with van der Waals surface area (Å²) in [6.45, 7) is 9.14. The normalized spacial score (nSPS) is 9.39. The number of benzene rings is 1. The van der Waals surface area contributed by atoms with Gasteiger partial charge in [-0.05, 0) is 12.0 Å². The quantitative estimate of drug-likeness (QED) is 0.137. The van der Waals surface area contributed by atoms with Crippen molar-refractivity contribution in [3.63, 3.8) is 0 Å². The van der Waals surface area contributed by atoms with E-state index in [1.54, 1.807) is 0 Å². The van der Waals surface area contributed by atoms with Crippen LogP contribution in [0.5, 0.6) is 0 Å². The number of unbranched alkanes of at least 4 members (excludes halogenated alkanes) is 8. The Kier molecular flexibility index (Phi) is 25.1. The first-order valence-electron chi connectivity index (χ1n) is 11.8. The van der Waals surface area contributed by atoms with E-state index in [0.29, 0.717) is 0 Å². The second-order valence-electron chi connectivity index (χ2n) is 7.40. The number of hydrogen-bond acceptors (Lipinski definition) is 5. The smallest absolute Gasteiger partial charge is 0.314 e. The summed E-state index contributed by atoms with van der Waals surface area (Å²) < 4.78 is 4.53. The molecule has 0 aliphatic rings. The van der Waals surface area contributed by atoms with Gasteiger partial charge in [0.25, 0.3) is 0 Å². The molecule has 0 spiro atoms. The summed E-state index contributed by atoms with van der Waals surface area (Å²) in [6.07, 6.45) is 13.3. The van der Waals surface area contributed by atoms with Crippen molar-refractivity contribution in [1.82, 2.24) is 0 Å². The Morgan fingerprint density at radius 1 is 0.818 bits per heavy atom. The number of carbonyl (C=O) groups is 3. The second kappa shape index (κ2) is 25.5. The maximum Gasteiger partial charge on any atom is 0.314 e. The van der Waals surface area contributed by atoms with Crippen LogP contribution in [-0.2, 0) is 19.1 Å². The minimum absolute atomic E-state index is 0.0833. The Morgan fingerprint density at radius 2 is 1.30 bits per heavy atom. The van der Waals surface area contributed by atoms with Crippen LogP contribution in [0.3, 0.4) is 0 Å². The highest BCUT2D eigenvalue weighted by Gasteiger charge is 2.11. The Hall–Kier alpha value is -2.73. The van der Waals surface area contributed by atoms with E-state index < -0.39 is 17.9 Å². The lowest BCUT2D eigenvalue weighted by Gasteiger charge is -2.03. The van der Waals surface area contributed by atoms with Gasteiger partial charge in [-0.2, -0.15) is 0 Å². The molecule has 33 heavy (non-hydrogen) atoms. The predicted octanol–water partition coefficient (Wildman–Crippen LogP) is 6.34. The molecule has 186 valence electrons. The highest BCUT2D eigenvalue weighted by Crippen LogP contribution is 2.11. The van der Waals surface area contributed by atoms with Gasteiger partial charge in [-0.15, -0.1) is 6.58 Å². The van der Waals surface area contributed by atoms with Crippen LogP contribution < -0.4 is 0 Å². The van der Waals surface area contributed by atoms with E-state index in [2.05, 4.69) is 24.8 Å². The summed E-state index contributed by atoms with van der Waals surface area (Å²) in [5.74, 6) is -2.37. The van der Waals surface area contributed by atoms with Crippen molar-refractivity contribution in [3.05, 3.63) is 55.1 Å². The fourth-order valence-electron chi connectivity index (χ4n) is 2.61. The Balaban J connectivity index is 0. The van der Waals surface area contributed by atoms with E-state index in [0.717, 1.165) is 19.3 Å². The molecule has 0 heterocycles. The monoisotopic (exact) mass is 462 g/mol. The van der Waals surface area contributed by atoms with Gasteiger partial charge in [-0.1, -0.05) is 107 Å². The Bertz CT molecular complexity index is 639. The highest BCUT2D eigenvalue weighted by atomic mass is 16.6. The number of carboxylic acids is 1. The zero-order valence-electron chi connectivity index (χ0n) is 20.2. The molecule has 0 atom stereocenters. The second-order valence-corrected chi connectivity index (χ2v) is 7.40. The Morgan fingerprint density at radius 3 is 1.73 bits per heavy atom. The lowest BCUT2D eigenvalue weighted by atomic mass is 10.1. The van der Waals surface area contributed by atoms with Crippen LogP contribution in [-0.4, -0.2) is 34.7 Å². The van der Waals surface area contributed by atoms with Gasteiger partial charge in [0.05, 0.1) is 19.4 Å².